The Labute approximate surface area is 364 Å². The molecule has 1 aromatic rings. The van der Waals surface area contributed by atoms with Gasteiger partial charge in [-0.2, -0.15) is 26.3 Å². The van der Waals surface area contributed by atoms with Crippen LogP contribution < -0.4 is 0 Å². The minimum Gasteiger partial charge on any atom is -0.413 e. The van der Waals surface area contributed by atoms with Crippen molar-refractivity contribution in [3.63, 3.8) is 0 Å². The van der Waals surface area contributed by atoms with Crippen molar-refractivity contribution in [1.29, 1.82) is 0 Å². The smallest absolute Gasteiger partial charge is 0.413 e. The molecule has 1 aliphatic heterocycles. The Morgan fingerprint density at radius 1 is 0.902 bits per heavy atom. The third kappa shape index (κ3) is 10.7. The summed E-state index contributed by atoms with van der Waals surface area (Å²) in [5, 5.41) is 11.2. The maximum Gasteiger partial charge on any atom is 0.416 e. The number of hydrogen-bond acceptors (Lipinski definition) is 4. The molecule has 5 nitrogen and oxygen atoms in total. The molecule has 4 aliphatic rings. The number of carbonyl (C=O) groups is 1. The monoisotopic (exact) mass is 897 g/mol. The minimum absolute atomic E-state index is 0.0298. The quantitative estimate of drug-likeness (QED) is 0.188. The van der Waals surface area contributed by atoms with Crippen LogP contribution in [-0.4, -0.2) is 56.4 Å². The Hall–Kier alpha value is -2.20. The topological polar surface area (TPSA) is 59.0 Å². The predicted octanol–water partition coefficient (Wildman–Crippen LogP) is 13.8. The summed E-state index contributed by atoms with van der Waals surface area (Å²) in [6, 6.07) is 0.901. The van der Waals surface area contributed by atoms with E-state index >= 15 is 0 Å². The fraction of sp³-hybridized carbons (Fsp3) is 0.729. The number of amides is 1. The second-order valence-corrected chi connectivity index (χ2v) is 32.1. The first-order valence-corrected chi connectivity index (χ1v) is 28.2. The van der Waals surface area contributed by atoms with Crippen molar-refractivity contribution in [1.82, 2.24) is 4.90 Å². The highest BCUT2D eigenvalue weighted by Gasteiger charge is 2.53. The highest BCUT2D eigenvalue weighted by molar-refractivity contribution is 6.74. The molecular weight excluding hydrogens is 825 g/mol. The molecule has 0 aromatic heterocycles. The second kappa shape index (κ2) is 17.0. The molecule has 1 saturated heterocycles. The average Bonchev–Trinajstić information content (AvgIpc) is 3.55. The van der Waals surface area contributed by atoms with Crippen LogP contribution in [0.3, 0.4) is 0 Å². The van der Waals surface area contributed by atoms with Crippen LogP contribution in [0.1, 0.15) is 137 Å². The van der Waals surface area contributed by atoms with Crippen LogP contribution in [0.25, 0.3) is 0 Å². The van der Waals surface area contributed by atoms with Crippen LogP contribution in [-0.2, 0) is 32.5 Å². The van der Waals surface area contributed by atoms with Gasteiger partial charge in [0.05, 0.1) is 23.3 Å². The third-order valence-corrected chi connectivity index (χ3v) is 24.9. The molecule has 0 bridgehead atoms. The van der Waals surface area contributed by atoms with Crippen LogP contribution in [0.5, 0.6) is 0 Å². The Morgan fingerprint density at radius 2 is 1.46 bits per heavy atom. The average molecular weight is 898 g/mol. The van der Waals surface area contributed by atoms with Gasteiger partial charge in [-0.1, -0.05) is 79.7 Å². The molecular formula is C48H73F6NO4Si2. The highest BCUT2D eigenvalue weighted by atomic mass is 28.4. The number of likely N-dealkylation sites (tertiary alicyclic amines) is 1. The van der Waals surface area contributed by atoms with E-state index in [9.17, 15) is 36.2 Å². The number of benzene rings is 1. The summed E-state index contributed by atoms with van der Waals surface area (Å²) in [5.41, 5.74) is -1.28. The summed E-state index contributed by atoms with van der Waals surface area (Å²) in [6.45, 7) is 32.9. The van der Waals surface area contributed by atoms with E-state index in [-0.39, 0.29) is 57.6 Å². The van der Waals surface area contributed by atoms with Crippen LogP contribution >= 0.6 is 0 Å². The van der Waals surface area contributed by atoms with Gasteiger partial charge in [0.15, 0.2) is 16.6 Å². The van der Waals surface area contributed by atoms with E-state index in [1.165, 1.54) is 23.0 Å². The van der Waals surface area contributed by atoms with E-state index in [1.807, 2.05) is 0 Å². The van der Waals surface area contributed by atoms with Gasteiger partial charge in [-0.05, 0) is 146 Å². The van der Waals surface area contributed by atoms with Gasteiger partial charge in [0.1, 0.15) is 5.60 Å². The van der Waals surface area contributed by atoms with E-state index in [2.05, 4.69) is 100 Å². The first-order chi connectivity index (χ1) is 27.6. The summed E-state index contributed by atoms with van der Waals surface area (Å²) < 4.78 is 96.5. The van der Waals surface area contributed by atoms with E-state index in [0.29, 0.717) is 24.5 Å². The molecule has 3 saturated carbocycles. The van der Waals surface area contributed by atoms with E-state index in [1.54, 1.807) is 0 Å². The summed E-state index contributed by atoms with van der Waals surface area (Å²) in [4.78, 5) is 14.8. The first kappa shape index (κ1) is 49.8. The fourth-order valence-electron chi connectivity index (χ4n) is 10.4. The van der Waals surface area contributed by atoms with E-state index in [0.717, 1.165) is 50.5 Å². The minimum atomic E-state index is -5.00. The van der Waals surface area contributed by atoms with Gasteiger partial charge >= 0.3 is 12.4 Å². The number of alkyl halides is 6. The maximum atomic E-state index is 13.7. The maximum absolute atomic E-state index is 13.7. The normalized spacial score (nSPS) is 31.7. The fourth-order valence-corrected chi connectivity index (χ4v) is 13.1. The molecule has 1 aromatic carbocycles. The van der Waals surface area contributed by atoms with Crippen LogP contribution in [0, 0.1) is 23.2 Å². The van der Waals surface area contributed by atoms with Crippen LogP contribution in [0.2, 0.25) is 36.3 Å². The van der Waals surface area contributed by atoms with Crippen LogP contribution in [0.4, 0.5) is 26.3 Å². The van der Waals surface area contributed by atoms with Crippen molar-refractivity contribution in [2.75, 3.05) is 0 Å². The largest absolute Gasteiger partial charge is 0.416 e. The van der Waals surface area contributed by atoms with Crippen molar-refractivity contribution >= 4 is 22.5 Å². The molecule has 1 heterocycles. The summed E-state index contributed by atoms with van der Waals surface area (Å²) in [5.74, 6) is 0.0153. The number of carbonyl (C=O) groups excluding carboxylic acids is 1. The zero-order valence-corrected chi connectivity index (χ0v) is 41.0. The number of aliphatic hydroxyl groups is 1. The van der Waals surface area contributed by atoms with Gasteiger partial charge in [0, 0.05) is 25.4 Å². The Kier molecular flexibility index (Phi) is 13.9. The van der Waals surface area contributed by atoms with Crippen molar-refractivity contribution in [2.45, 2.75) is 199 Å². The Balaban J connectivity index is 1.38. The van der Waals surface area contributed by atoms with Gasteiger partial charge in [-0.3, -0.25) is 4.79 Å². The predicted molar refractivity (Wildman–Crippen MR) is 237 cm³/mol. The van der Waals surface area contributed by atoms with Crippen molar-refractivity contribution in [2.24, 2.45) is 23.2 Å². The van der Waals surface area contributed by atoms with Gasteiger partial charge < -0.3 is 18.9 Å². The molecule has 0 unspecified atom stereocenters. The molecule has 8 atom stereocenters. The zero-order valence-electron chi connectivity index (χ0n) is 39.0. The third-order valence-electron chi connectivity index (χ3n) is 15.9. The lowest BCUT2D eigenvalue weighted by Gasteiger charge is -2.46. The van der Waals surface area contributed by atoms with Gasteiger partial charge in [-0.25, -0.2) is 0 Å². The molecule has 3 aliphatic carbocycles. The Bertz CT molecular complexity index is 1840. The standard InChI is InChI=1S/C48H73F6NO4Si2/c1-30(22-37-28-46(10,57)42(56)55(37)29-32-23-35(47(49,50)51)26-36(24-32)48(52,53)54)39-19-20-40-33(16-15-21-45(39,40)9)17-18-34-25-38(58-60(11,12)43(3,4)5)27-41(31(34)2)59-61(13,14)44(6,7)8/h17-18,23-24,26,30,37-41,57H,2,15-16,19-22,25,27-29H2,1,3-14H3/b33-17+,34-18-/t30-,37+,38-,39-,40+,41+,45-,46+/m1/s1. The van der Waals surface area contributed by atoms with Gasteiger partial charge in [-0.15, -0.1) is 0 Å². The number of nitrogens with zero attached hydrogens (tertiary/aromatic N) is 1. The highest BCUT2D eigenvalue weighted by Crippen LogP contribution is 2.60. The van der Waals surface area contributed by atoms with Gasteiger partial charge in [0.25, 0.3) is 5.91 Å². The molecule has 344 valence electrons. The van der Waals surface area contributed by atoms with Crippen LogP contribution in [0.15, 0.2) is 53.6 Å². The summed E-state index contributed by atoms with van der Waals surface area (Å²) in [6.07, 6.45) is 1.66. The van der Waals surface area contributed by atoms with E-state index in [4.69, 9.17) is 8.85 Å². The molecule has 5 rings (SSSR count). The molecule has 1 N–H and O–H groups in total. The molecule has 0 radical (unpaired) electrons. The summed E-state index contributed by atoms with van der Waals surface area (Å²) >= 11 is 0. The number of fused-ring (bicyclic) bond motifs is 1. The lowest BCUT2D eigenvalue weighted by atomic mass is 9.60. The molecule has 61 heavy (non-hydrogen) atoms. The number of halogens is 6. The molecule has 0 spiro atoms. The number of hydrogen-bond donors (Lipinski definition) is 1. The van der Waals surface area contributed by atoms with E-state index < -0.39 is 64.2 Å². The lowest BCUT2D eigenvalue weighted by molar-refractivity contribution is -0.143. The lowest BCUT2D eigenvalue weighted by Crippen LogP contribution is -2.49. The molecule has 4 fully saturated rings. The summed E-state index contributed by atoms with van der Waals surface area (Å²) in [7, 11) is -4.20. The first-order valence-electron chi connectivity index (χ1n) is 22.3. The van der Waals surface area contributed by atoms with Crippen molar-refractivity contribution < 1.29 is 45.1 Å². The zero-order chi connectivity index (χ0) is 46.1. The number of rotatable bonds is 10. The van der Waals surface area contributed by atoms with Crippen molar-refractivity contribution in [3.8, 4) is 0 Å². The SMILES string of the molecule is C=C1/C(=C\C=C2/CCC[C@]3(C)[C@@H]([C@H](C)C[C@H]4C[C@](C)(O)C(=O)N4Cc4cc(C(F)(F)F)cc(C(F)(F)F)c4)CC[C@@H]23)C[C@@H](O[Si](C)(C)C(C)(C)C)C[C@@H]1O[Si](C)(C)C(C)(C)C. The Morgan fingerprint density at radius 3 is 2.00 bits per heavy atom. The molecule has 13 heteroatoms. The van der Waals surface area contributed by atoms with Gasteiger partial charge in [0.2, 0.25) is 0 Å². The van der Waals surface area contributed by atoms with Crippen molar-refractivity contribution in [3.05, 3.63) is 70.3 Å². The second-order valence-electron chi connectivity index (χ2n) is 22.6. The number of allylic oxidation sites excluding steroid dienone is 3. The molecule has 1 amide bonds.